The molecule has 0 spiro atoms. The van der Waals surface area contributed by atoms with E-state index in [1.165, 1.54) is 23.1 Å². The van der Waals surface area contributed by atoms with Crippen LogP contribution in [0.2, 0.25) is 0 Å². The average molecular weight is 350 g/mol. The number of aromatic nitrogens is 2. The van der Waals surface area contributed by atoms with E-state index in [-0.39, 0.29) is 6.17 Å². The van der Waals surface area contributed by atoms with E-state index in [4.69, 9.17) is 0 Å². The van der Waals surface area contributed by atoms with Gasteiger partial charge in [0.15, 0.2) is 0 Å². The van der Waals surface area contributed by atoms with Gasteiger partial charge in [-0.1, -0.05) is 23.5 Å². The zero-order valence-electron chi connectivity index (χ0n) is 13.5. The van der Waals surface area contributed by atoms with Crippen molar-refractivity contribution in [2.24, 2.45) is 0 Å². The SMILES string of the molecule is CCN1c2ccccc2NC1c1cnc2sc3nc(F)ccc3c2c1. The summed E-state index contributed by atoms with van der Waals surface area (Å²) in [6, 6.07) is 13.7. The number of nitrogens with zero attached hydrogens (tertiary/aromatic N) is 3. The minimum absolute atomic E-state index is 0.0441. The van der Waals surface area contributed by atoms with Crippen LogP contribution in [0.1, 0.15) is 18.7 Å². The third kappa shape index (κ3) is 2.17. The lowest BCUT2D eigenvalue weighted by molar-refractivity contribution is 0.590. The Hall–Kier alpha value is -2.73. The summed E-state index contributed by atoms with van der Waals surface area (Å²) in [6.07, 6.45) is 1.95. The van der Waals surface area contributed by atoms with Crippen molar-refractivity contribution in [1.82, 2.24) is 9.97 Å². The molecule has 124 valence electrons. The summed E-state index contributed by atoms with van der Waals surface area (Å²) in [6.45, 7) is 3.04. The molecule has 4 nitrogen and oxygen atoms in total. The Morgan fingerprint density at radius 1 is 1.16 bits per heavy atom. The molecule has 1 aliphatic heterocycles. The molecule has 1 atom stereocenters. The molecule has 1 aliphatic rings. The fraction of sp³-hybridized carbons (Fsp3) is 0.158. The van der Waals surface area contributed by atoms with Crippen LogP contribution in [0, 0.1) is 5.95 Å². The Labute approximate surface area is 147 Å². The van der Waals surface area contributed by atoms with E-state index >= 15 is 0 Å². The van der Waals surface area contributed by atoms with Crippen LogP contribution < -0.4 is 10.2 Å². The van der Waals surface area contributed by atoms with Crippen molar-refractivity contribution in [1.29, 1.82) is 0 Å². The second-order valence-electron chi connectivity index (χ2n) is 6.06. The molecule has 0 amide bonds. The first kappa shape index (κ1) is 14.6. The summed E-state index contributed by atoms with van der Waals surface area (Å²) < 4.78 is 13.4. The van der Waals surface area contributed by atoms with E-state index in [1.807, 2.05) is 12.3 Å². The van der Waals surface area contributed by atoms with E-state index < -0.39 is 5.95 Å². The predicted molar refractivity (Wildman–Crippen MR) is 101 cm³/mol. The van der Waals surface area contributed by atoms with Crippen molar-refractivity contribution >= 4 is 43.1 Å². The van der Waals surface area contributed by atoms with Crippen molar-refractivity contribution < 1.29 is 4.39 Å². The highest BCUT2D eigenvalue weighted by atomic mass is 32.1. The first-order valence-corrected chi connectivity index (χ1v) is 9.03. The molecule has 0 radical (unpaired) electrons. The maximum Gasteiger partial charge on any atom is 0.214 e. The summed E-state index contributed by atoms with van der Waals surface area (Å²) in [5, 5.41) is 5.56. The van der Waals surface area contributed by atoms with Crippen LogP contribution in [0.3, 0.4) is 0 Å². The fourth-order valence-electron chi connectivity index (χ4n) is 3.51. The van der Waals surface area contributed by atoms with Gasteiger partial charge in [0.2, 0.25) is 5.95 Å². The normalized spacial score (nSPS) is 16.4. The molecule has 1 unspecified atom stereocenters. The summed E-state index contributed by atoms with van der Waals surface area (Å²) >= 11 is 1.42. The number of thiophene rings is 1. The highest BCUT2D eigenvalue weighted by Crippen LogP contribution is 2.41. The predicted octanol–water partition coefficient (Wildman–Crippen LogP) is 4.93. The molecular weight excluding hydrogens is 335 g/mol. The minimum Gasteiger partial charge on any atom is -0.360 e. The largest absolute Gasteiger partial charge is 0.360 e. The maximum absolute atomic E-state index is 13.4. The highest BCUT2D eigenvalue weighted by molar-refractivity contribution is 7.25. The van der Waals surface area contributed by atoms with Gasteiger partial charge in [0, 0.05) is 29.1 Å². The van der Waals surface area contributed by atoms with Crippen molar-refractivity contribution in [2.75, 3.05) is 16.8 Å². The van der Waals surface area contributed by atoms with E-state index in [1.54, 1.807) is 6.07 Å². The lowest BCUT2D eigenvalue weighted by atomic mass is 10.1. The monoisotopic (exact) mass is 350 g/mol. The number of hydrogen-bond acceptors (Lipinski definition) is 5. The number of fused-ring (bicyclic) bond motifs is 4. The molecule has 0 bridgehead atoms. The molecule has 4 heterocycles. The average Bonchev–Trinajstić information content (AvgIpc) is 3.18. The van der Waals surface area contributed by atoms with Crippen LogP contribution in [-0.4, -0.2) is 16.5 Å². The molecule has 6 heteroatoms. The van der Waals surface area contributed by atoms with Crippen LogP contribution in [0.15, 0.2) is 48.7 Å². The third-order valence-corrected chi connectivity index (χ3v) is 5.68. The quantitative estimate of drug-likeness (QED) is 0.520. The standard InChI is InChI=1S/C19H15FN4S/c1-2-24-15-6-4-3-5-14(15)22-17(24)11-9-13-12-7-8-16(20)23-19(12)25-18(13)21-10-11/h3-10,17,22H,2H2,1H3. The summed E-state index contributed by atoms with van der Waals surface area (Å²) in [4.78, 5) is 12.5. The fourth-order valence-corrected chi connectivity index (χ4v) is 4.50. The zero-order chi connectivity index (χ0) is 17.0. The van der Waals surface area contributed by atoms with Crippen molar-refractivity contribution in [3.05, 3.63) is 60.2 Å². The van der Waals surface area contributed by atoms with Crippen LogP contribution in [0.25, 0.3) is 20.4 Å². The van der Waals surface area contributed by atoms with E-state index in [0.29, 0.717) is 4.83 Å². The Bertz CT molecular complexity index is 1110. The molecule has 0 saturated carbocycles. The van der Waals surface area contributed by atoms with Gasteiger partial charge in [-0.15, -0.1) is 0 Å². The van der Waals surface area contributed by atoms with E-state index in [0.717, 1.165) is 33.4 Å². The second kappa shape index (κ2) is 5.39. The topological polar surface area (TPSA) is 41.0 Å². The lowest BCUT2D eigenvalue weighted by Gasteiger charge is -2.25. The van der Waals surface area contributed by atoms with Crippen LogP contribution >= 0.6 is 11.3 Å². The molecule has 4 aromatic rings. The van der Waals surface area contributed by atoms with Crippen LogP contribution in [-0.2, 0) is 0 Å². The van der Waals surface area contributed by atoms with Gasteiger partial charge in [-0.05, 0) is 37.3 Å². The van der Waals surface area contributed by atoms with Gasteiger partial charge in [0.05, 0.1) is 11.4 Å². The van der Waals surface area contributed by atoms with Gasteiger partial charge in [-0.3, -0.25) is 0 Å². The molecule has 25 heavy (non-hydrogen) atoms. The van der Waals surface area contributed by atoms with Crippen molar-refractivity contribution in [3.63, 3.8) is 0 Å². The third-order valence-electron chi connectivity index (χ3n) is 4.66. The van der Waals surface area contributed by atoms with Crippen LogP contribution in [0.4, 0.5) is 15.8 Å². The smallest absolute Gasteiger partial charge is 0.214 e. The number of anilines is 2. The zero-order valence-corrected chi connectivity index (χ0v) is 14.3. The minimum atomic E-state index is -0.454. The number of hydrogen-bond donors (Lipinski definition) is 1. The van der Waals surface area contributed by atoms with Gasteiger partial charge >= 0.3 is 0 Å². The molecule has 0 saturated heterocycles. The molecule has 5 rings (SSSR count). The lowest BCUT2D eigenvalue weighted by Crippen LogP contribution is -2.27. The van der Waals surface area contributed by atoms with Gasteiger partial charge in [-0.25, -0.2) is 9.97 Å². The summed E-state index contributed by atoms with van der Waals surface area (Å²) in [7, 11) is 0. The number of benzene rings is 1. The molecule has 1 aromatic carbocycles. The summed E-state index contributed by atoms with van der Waals surface area (Å²) in [5.74, 6) is -0.454. The Morgan fingerprint density at radius 2 is 2.04 bits per heavy atom. The Morgan fingerprint density at radius 3 is 2.92 bits per heavy atom. The first-order chi connectivity index (χ1) is 12.2. The number of nitrogens with one attached hydrogen (secondary N) is 1. The van der Waals surface area contributed by atoms with Gasteiger partial charge in [0.1, 0.15) is 15.8 Å². The molecule has 3 aromatic heterocycles. The van der Waals surface area contributed by atoms with Gasteiger partial charge < -0.3 is 10.2 Å². The number of halogens is 1. The van der Waals surface area contributed by atoms with Crippen molar-refractivity contribution in [2.45, 2.75) is 13.1 Å². The summed E-state index contributed by atoms with van der Waals surface area (Å²) in [5.41, 5.74) is 3.43. The Kier molecular flexibility index (Phi) is 3.15. The number of pyridine rings is 2. The number of rotatable bonds is 2. The molecule has 1 N–H and O–H groups in total. The van der Waals surface area contributed by atoms with Crippen molar-refractivity contribution in [3.8, 4) is 0 Å². The molecular formula is C19H15FN4S. The van der Waals surface area contributed by atoms with Gasteiger partial charge in [-0.2, -0.15) is 4.39 Å². The number of para-hydroxylation sites is 2. The molecule has 0 aliphatic carbocycles. The Balaban J connectivity index is 1.65. The van der Waals surface area contributed by atoms with Crippen LogP contribution in [0.5, 0.6) is 0 Å². The van der Waals surface area contributed by atoms with E-state index in [9.17, 15) is 4.39 Å². The second-order valence-corrected chi connectivity index (χ2v) is 7.04. The first-order valence-electron chi connectivity index (χ1n) is 8.21. The van der Waals surface area contributed by atoms with E-state index in [2.05, 4.69) is 51.4 Å². The molecule has 0 fully saturated rings. The van der Waals surface area contributed by atoms with Gasteiger partial charge in [0.25, 0.3) is 0 Å². The maximum atomic E-state index is 13.4. The highest BCUT2D eigenvalue weighted by Gasteiger charge is 2.29.